The summed E-state index contributed by atoms with van der Waals surface area (Å²) in [5.41, 5.74) is 1.40. The predicted octanol–water partition coefficient (Wildman–Crippen LogP) is 2.29. The minimum absolute atomic E-state index is 0.0988. The van der Waals surface area contributed by atoms with E-state index in [1.54, 1.807) is 30.6 Å². The fourth-order valence-electron chi connectivity index (χ4n) is 2.73. The number of benzene rings is 1. The minimum atomic E-state index is -0.0988. The fraction of sp³-hybridized carbons (Fsp3) is 0.278. The first-order valence-corrected chi connectivity index (χ1v) is 8.42. The average molecular weight is 356 g/mol. The lowest BCUT2D eigenvalue weighted by Crippen LogP contribution is -2.35. The number of imidazole rings is 1. The van der Waals surface area contributed by atoms with Gasteiger partial charge in [0.25, 0.3) is 5.91 Å². The zero-order valence-corrected chi connectivity index (χ0v) is 15.0. The number of hydrogen-bond acceptors (Lipinski definition) is 4. The summed E-state index contributed by atoms with van der Waals surface area (Å²) in [4.78, 5) is 18.3. The summed E-state index contributed by atoms with van der Waals surface area (Å²) in [5, 5.41) is 3.46. The van der Waals surface area contributed by atoms with E-state index >= 15 is 0 Å². The molecule has 1 aliphatic heterocycles. The van der Waals surface area contributed by atoms with Crippen LogP contribution in [0.2, 0.25) is 0 Å². The van der Waals surface area contributed by atoms with Crippen LogP contribution in [0.15, 0.2) is 48.7 Å². The quantitative estimate of drug-likeness (QED) is 0.636. The highest BCUT2D eigenvalue weighted by atomic mass is 32.1. The maximum Gasteiger partial charge on any atom is 0.276 e. The van der Waals surface area contributed by atoms with Crippen molar-refractivity contribution in [2.45, 2.75) is 13.5 Å². The molecule has 1 atom stereocenters. The molecule has 2 aromatic rings. The molecule has 0 spiro atoms. The topological polar surface area (TPSA) is 59.4 Å². The maximum absolute atomic E-state index is 12.6. The summed E-state index contributed by atoms with van der Waals surface area (Å²) >= 11 is 5.33. The van der Waals surface area contributed by atoms with Gasteiger partial charge < -0.3 is 14.6 Å². The molecule has 1 aliphatic rings. The summed E-state index contributed by atoms with van der Waals surface area (Å²) in [5.74, 6) is 0.926. The molecule has 1 saturated heterocycles. The van der Waals surface area contributed by atoms with Crippen LogP contribution in [0.3, 0.4) is 0 Å². The van der Waals surface area contributed by atoms with E-state index in [0.717, 1.165) is 17.9 Å². The van der Waals surface area contributed by atoms with Crippen molar-refractivity contribution in [3.05, 3.63) is 54.2 Å². The third-order valence-electron chi connectivity index (χ3n) is 3.97. The van der Waals surface area contributed by atoms with E-state index in [1.807, 2.05) is 35.0 Å². The first-order valence-electron chi connectivity index (χ1n) is 8.01. The molecule has 3 rings (SSSR count). The van der Waals surface area contributed by atoms with Crippen molar-refractivity contribution in [3.8, 4) is 5.75 Å². The second-order valence-electron chi connectivity index (χ2n) is 6.04. The molecule has 1 aromatic heterocycles. The average Bonchev–Trinajstić information content (AvgIpc) is 3.20. The number of methoxy groups -OCH3 is 1. The molecule has 1 unspecified atom stereocenters. The van der Waals surface area contributed by atoms with Crippen LogP contribution >= 0.6 is 12.2 Å². The van der Waals surface area contributed by atoms with Gasteiger partial charge in [0.1, 0.15) is 11.4 Å². The molecule has 1 N–H and O–H groups in total. The SMILES string of the molecule is COc1ccc(/C=C2\NC(=S)N(CC(C)Cn3ccnc3)C2=O)cc1. The van der Waals surface area contributed by atoms with E-state index in [4.69, 9.17) is 17.0 Å². The standard InChI is InChI=1S/C18H20N4O2S/c1-13(10-21-8-7-19-12-21)11-22-17(23)16(20-18(22)25)9-14-3-5-15(24-2)6-4-14/h3-9,12-13H,10-11H2,1-2H3,(H,20,25)/b16-9-. The number of rotatable bonds is 6. The maximum atomic E-state index is 12.6. The third kappa shape index (κ3) is 4.06. The number of hydrogen-bond donors (Lipinski definition) is 1. The Balaban J connectivity index is 1.67. The minimum Gasteiger partial charge on any atom is -0.497 e. The fourth-order valence-corrected chi connectivity index (χ4v) is 3.00. The van der Waals surface area contributed by atoms with Crippen molar-refractivity contribution >= 4 is 29.3 Å². The van der Waals surface area contributed by atoms with E-state index in [-0.39, 0.29) is 11.8 Å². The van der Waals surface area contributed by atoms with Crippen LogP contribution in [0.4, 0.5) is 0 Å². The van der Waals surface area contributed by atoms with Crippen LogP contribution in [0, 0.1) is 5.92 Å². The van der Waals surface area contributed by atoms with E-state index in [2.05, 4.69) is 17.2 Å². The van der Waals surface area contributed by atoms with Gasteiger partial charge in [0.05, 0.1) is 13.4 Å². The lowest BCUT2D eigenvalue weighted by molar-refractivity contribution is -0.122. The molecule has 1 amide bonds. The Labute approximate surface area is 152 Å². The third-order valence-corrected chi connectivity index (χ3v) is 4.29. The Morgan fingerprint density at radius 1 is 1.32 bits per heavy atom. The van der Waals surface area contributed by atoms with Gasteiger partial charge in [-0.05, 0) is 41.9 Å². The Morgan fingerprint density at radius 2 is 2.08 bits per heavy atom. The number of nitrogens with zero attached hydrogens (tertiary/aromatic N) is 3. The van der Waals surface area contributed by atoms with Gasteiger partial charge in [0.15, 0.2) is 5.11 Å². The van der Waals surface area contributed by atoms with Gasteiger partial charge in [-0.3, -0.25) is 9.69 Å². The normalized spacial score (nSPS) is 17.0. The molecule has 0 radical (unpaired) electrons. The number of aromatic nitrogens is 2. The van der Waals surface area contributed by atoms with Crippen LogP contribution in [0.25, 0.3) is 6.08 Å². The van der Waals surface area contributed by atoms with Crippen molar-refractivity contribution in [1.82, 2.24) is 19.8 Å². The molecule has 25 heavy (non-hydrogen) atoms. The van der Waals surface area contributed by atoms with Gasteiger partial charge in [-0.1, -0.05) is 19.1 Å². The van der Waals surface area contributed by atoms with Crippen molar-refractivity contribution < 1.29 is 9.53 Å². The highest BCUT2D eigenvalue weighted by Crippen LogP contribution is 2.18. The zero-order chi connectivity index (χ0) is 17.8. The molecule has 7 heteroatoms. The molecular weight excluding hydrogens is 336 g/mol. The highest BCUT2D eigenvalue weighted by Gasteiger charge is 2.31. The monoisotopic (exact) mass is 356 g/mol. The summed E-state index contributed by atoms with van der Waals surface area (Å²) in [7, 11) is 1.62. The van der Waals surface area contributed by atoms with Crippen LogP contribution in [-0.2, 0) is 11.3 Å². The summed E-state index contributed by atoms with van der Waals surface area (Å²) in [6.45, 7) is 3.42. The second-order valence-corrected chi connectivity index (χ2v) is 6.43. The highest BCUT2D eigenvalue weighted by molar-refractivity contribution is 7.80. The summed E-state index contributed by atoms with van der Waals surface area (Å²) < 4.78 is 7.14. The van der Waals surface area contributed by atoms with Crippen LogP contribution in [0.5, 0.6) is 5.75 Å². The van der Waals surface area contributed by atoms with Gasteiger partial charge >= 0.3 is 0 Å². The number of carbonyl (C=O) groups is 1. The van der Waals surface area contributed by atoms with E-state index in [9.17, 15) is 4.79 Å². The van der Waals surface area contributed by atoms with Crippen LogP contribution < -0.4 is 10.1 Å². The van der Waals surface area contributed by atoms with Gasteiger partial charge in [-0.15, -0.1) is 0 Å². The molecule has 1 aromatic carbocycles. The van der Waals surface area contributed by atoms with Crippen LogP contribution in [-0.4, -0.2) is 39.1 Å². The van der Waals surface area contributed by atoms with Crippen LogP contribution in [0.1, 0.15) is 12.5 Å². The molecule has 0 saturated carbocycles. The first kappa shape index (κ1) is 17.2. The lowest BCUT2D eigenvalue weighted by atomic mass is 10.1. The van der Waals surface area contributed by atoms with Gasteiger partial charge in [0.2, 0.25) is 0 Å². The molecule has 6 nitrogen and oxygen atoms in total. The smallest absolute Gasteiger partial charge is 0.276 e. The number of amides is 1. The van der Waals surface area contributed by atoms with E-state index in [1.165, 1.54) is 0 Å². The van der Waals surface area contributed by atoms with E-state index < -0.39 is 0 Å². The Morgan fingerprint density at radius 3 is 2.72 bits per heavy atom. The Bertz CT molecular complexity index is 784. The Hall–Kier alpha value is -2.67. The second kappa shape index (κ2) is 7.48. The van der Waals surface area contributed by atoms with Gasteiger partial charge in [-0.2, -0.15) is 0 Å². The number of carbonyl (C=O) groups excluding carboxylic acids is 1. The number of thiocarbonyl (C=S) groups is 1. The molecular formula is C18H20N4O2S. The van der Waals surface area contributed by atoms with Crippen molar-refractivity contribution in [2.75, 3.05) is 13.7 Å². The number of nitrogens with one attached hydrogen (secondary N) is 1. The molecule has 130 valence electrons. The van der Waals surface area contributed by atoms with Gasteiger partial charge in [0, 0.05) is 25.5 Å². The summed E-state index contributed by atoms with van der Waals surface area (Å²) in [6.07, 6.45) is 7.23. The molecule has 0 aliphatic carbocycles. The van der Waals surface area contributed by atoms with Crippen molar-refractivity contribution in [1.29, 1.82) is 0 Å². The first-order chi connectivity index (χ1) is 12.1. The molecule has 1 fully saturated rings. The predicted molar refractivity (Wildman–Crippen MR) is 99.8 cm³/mol. The lowest BCUT2D eigenvalue weighted by Gasteiger charge is -2.19. The zero-order valence-electron chi connectivity index (χ0n) is 14.2. The molecule has 0 bridgehead atoms. The summed E-state index contributed by atoms with van der Waals surface area (Å²) in [6, 6.07) is 7.51. The molecule has 2 heterocycles. The van der Waals surface area contributed by atoms with Crippen molar-refractivity contribution in [2.24, 2.45) is 5.92 Å². The largest absolute Gasteiger partial charge is 0.497 e. The van der Waals surface area contributed by atoms with Gasteiger partial charge in [-0.25, -0.2) is 4.98 Å². The van der Waals surface area contributed by atoms with E-state index in [0.29, 0.717) is 17.4 Å². The number of ether oxygens (including phenoxy) is 1. The Kier molecular flexibility index (Phi) is 5.14. The van der Waals surface area contributed by atoms with Crippen molar-refractivity contribution in [3.63, 3.8) is 0 Å².